The molecule has 0 aliphatic heterocycles. The SMILES string of the molecule is [2H]c1c([2H])c(N(c2cccc(-c3ccc4ccccc4c3)c2)c2c([2H])c([2H])c(-c3ccc4ccccc4c3-c3ccccc3)c([2H])c2[2H])c([2H])c([2H])c1-c1ccccc1. The lowest BCUT2D eigenvalue weighted by molar-refractivity contribution is 1.28. The number of rotatable bonds is 7. The van der Waals surface area contributed by atoms with Crippen molar-refractivity contribution < 1.29 is 11.0 Å². The van der Waals surface area contributed by atoms with Crippen LogP contribution in [0.4, 0.5) is 17.1 Å². The maximum atomic E-state index is 9.67. The summed E-state index contributed by atoms with van der Waals surface area (Å²) in [5.74, 6) is 0. The zero-order valence-corrected chi connectivity index (χ0v) is 27.5. The van der Waals surface area contributed by atoms with Crippen molar-refractivity contribution in [3.8, 4) is 44.5 Å². The third-order valence-electron chi connectivity index (χ3n) is 9.18. The predicted octanol–water partition coefficient (Wildman–Crippen LogP) is 14.1. The Balaban J connectivity index is 1.32. The average Bonchev–Trinajstić information content (AvgIpc) is 3.27. The molecule has 9 aromatic rings. The van der Waals surface area contributed by atoms with Crippen molar-refractivity contribution in [3.63, 3.8) is 0 Å². The molecule has 0 heterocycles. The van der Waals surface area contributed by atoms with E-state index in [1.807, 2.05) is 121 Å². The summed E-state index contributed by atoms with van der Waals surface area (Å²) in [5.41, 5.74) is 4.49. The van der Waals surface area contributed by atoms with Crippen LogP contribution in [0.25, 0.3) is 66.1 Å². The summed E-state index contributed by atoms with van der Waals surface area (Å²) in [4.78, 5) is 1.36. The summed E-state index contributed by atoms with van der Waals surface area (Å²) in [6.45, 7) is 0. The van der Waals surface area contributed by atoms with Crippen LogP contribution in [0.3, 0.4) is 0 Å². The van der Waals surface area contributed by atoms with E-state index >= 15 is 0 Å². The minimum atomic E-state index is -0.395. The van der Waals surface area contributed by atoms with Crippen molar-refractivity contribution in [1.29, 1.82) is 0 Å². The zero-order valence-electron chi connectivity index (χ0n) is 35.5. The first-order valence-electron chi connectivity index (χ1n) is 20.9. The molecule has 0 fully saturated rings. The lowest BCUT2D eigenvalue weighted by atomic mass is 9.90. The zero-order chi connectivity index (χ0) is 40.9. The van der Waals surface area contributed by atoms with Gasteiger partial charge < -0.3 is 4.90 Å². The molecule has 0 aliphatic rings. The predicted molar refractivity (Wildman–Crippen MR) is 218 cm³/mol. The second-order valence-corrected chi connectivity index (χ2v) is 12.3. The fraction of sp³-hybridized carbons (Fsp3) is 0. The second-order valence-electron chi connectivity index (χ2n) is 12.3. The highest BCUT2D eigenvalue weighted by Crippen LogP contribution is 2.41. The number of fused-ring (bicyclic) bond motifs is 2. The second kappa shape index (κ2) is 13.3. The number of anilines is 3. The standard InChI is InChI=1S/C50H35N/c1-3-12-36(13-4-1)38-24-29-45(30-25-38)51(47-20-11-19-43(35-47)44-23-22-37-14-7-8-18-42(37)34-44)46-31-26-40(27-32-46)49-33-28-39-15-9-10-21-48(39)50(49)41-16-5-2-6-17-41/h1-35H/i24D,25D,26D,27D,29D,30D,31D,32D. The largest absolute Gasteiger partial charge is 0.310 e. The molecule has 51 heavy (non-hydrogen) atoms. The van der Waals surface area contributed by atoms with Crippen LogP contribution in [0, 0.1) is 0 Å². The molecule has 0 unspecified atom stereocenters. The summed E-state index contributed by atoms with van der Waals surface area (Å²) in [5, 5.41) is 3.96. The lowest BCUT2D eigenvalue weighted by Gasteiger charge is -2.26. The molecule has 0 saturated carbocycles. The molecule has 0 amide bonds. The first kappa shape index (κ1) is 22.8. The molecule has 0 atom stereocenters. The van der Waals surface area contributed by atoms with E-state index in [1.54, 1.807) is 36.4 Å². The van der Waals surface area contributed by atoms with Crippen LogP contribution < -0.4 is 4.90 Å². The topological polar surface area (TPSA) is 3.24 Å². The summed E-state index contributed by atoms with van der Waals surface area (Å²) in [6, 6.07) is 48.7. The van der Waals surface area contributed by atoms with E-state index in [9.17, 15) is 11.0 Å². The van der Waals surface area contributed by atoms with E-state index in [4.69, 9.17) is 0 Å². The lowest BCUT2D eigenvalue weighted by Crippen LogP contribution is -2.10. The number of benzene rings is 9. The van der Waals surface area contributed by atoms with Crippen LogP contribution in [-0.4, -0.2) is 0 Å². The van der Waals surface area contributed by atoms with Crippen molar-refractivity contribution in [3.05, 3.63) is 212 Å². The third kappa shape index (κ3) is 5.96. The van der Waals surface area contributed by atoms with Crippen LogP contribution in [0.15, 0.2) is 212 Å². The monoisotopic (exact) mass is 657 g/mol. The first-order valence-corrected chi connectivity index (χ1v) is 16.9. The molecule has 0 N–H and O–H groups in total. The Labute approximate surface area is 310 Å². The normalized spacial score (nSPS) is 13.3. The molecule has 0 saturated heterocycles. The Bertz CT molecular complexity index is 3040. The van der Waals surface area contributed by atoms with Gasteiger partial charge in [-0.25, -0.2) is 0 Å². The van der Waals surface area contributed by atoms with Crippen molar-refractivity contribution in [1.82, 2.24) is 0 Å². The van der Waals surface area contributed by atoms with Crippen molar-refractivity contribution in [2.45, 2.75) is 0 Å². The molecule has 1 nitrogen and oxygen atoms in total. The quantitative estimate of drug-likeness (QED) is 0.165. The van der Waals surface area contributed by atoms with E-state index in [0.717, 1.165) is 43.8 Å². The fourth-order valence-corrected chi connectivity index (χ4v) is 6.68. The molecule has 0 aliphatic carbocycles. The molecule has 0 bridgehead atoms. The summed E-state index contributed by atoms with van der Waals surface area (Å²) in [7, 11) is 0. The van der Waals surface area contributed by atoms with Crippen LogP contribution in [0.5, 0.6) is 0 Å². The Hall–Kier alpha value is -6.70. The molecule has 240 valence electrons. The maximum Gasteiger partial charge on any atom is 0.0645 e. The summed E-state index contributed by atoms with van der Waals surface area (Å²) < 4.78 is 75.8. The molecular weight excluding hydrogens is 615 g/mol. The van der Waals surface area contributed by atoms with Crippen molar-refractivity contribution in [2.24, 2.45) is 0 Å². The molecular formula is C50H35N. The van der Waals surface area contributed by atoms with Gasteiger partial charge in [0, 0.05) is 17.1 Å². The summed E-state index contributed by atoms with van der Waals surface area (Å²) >= 11 is 0. The van der Waals surface area contributed by atoms with Crippen LogP contribution >= 0.6 is 0 Å². The van der Waals surface area contributed by atoms with Crippen LogP contribution in [0.2, 0.25) is 0 Å². The number of hydrogen-bond donors (Lipinski definition) is 0. The molecule has 0 spiro atoms. The van der Waals surface area contributed by atoms with Gasteiger partial charge in [-0.05, 0) is 108 Å². The van der Waals surface area contributed by atoms with Gasteiger partial charge in [0.05, 0.1) is 11.0 Å². The maximum absolute atomic E-state index is 9.67. The first-order chi connectivity index (χ1) is 28.6. The van der Waals surface area contributed by atoms with Crippen molar-refractivity contribution in [2.75, 3.05) is 4.90 Å². The Morgan fingerprint density at radius 3 is 1.59 bits per heavy atom. The Kier molecular flexibility index (Phi) is 5.96. The Morgan fingerprint density at radius 1 is 0.314 bits per heavy atom. The highest BCUT2D eigenvalue weighted by molar-refractivity contribution is 6.04. The molecule has 9 aromatic carbocycles. The van der Waals surface area contributed by atoms with Gasteiger partial charge in [0.1, 0.15) is 0 Å². The highest BCUT2D eigenvalue weighted by atomic mass is 15.1. The van der Waals surface area contributed by atoms with Crippen LogP contribution in [0.1, 0.15) is 11.0 Å². The van der Waals surface area contributed by atoms with Gasteiger partial charge in [-0.15, -0.1) is 0 Å². The number of hydrogen-bond acceptors (Lipinski definition) is 1. The Morgan fingerprint density at radius 2 is 0.863 bits per heavy atom. The van der Waals surface area contributed by atoms with Gasteiger partial charge in [0.15, 0.2) is 0 Å². The minimum absolute atomic E-state index is 0.109. The molecule has 9 rings (SSSR count). The minimum Gasteiger partial charge on any atom is -0.310 e. The van der Waals surface area contributed by atoms with Gasteiger partial charge >= 0.3 is 0 Å². The summed E-state index contributed by atoms with van der Waals surface area (Å²) in [6.07, 6.45) is 0. The van der Waals surface area contributed by atoms with E-state index in [-0.39, 0.29) is 58.8 Å². The third-order valence-corrected chi connectivity index (χ3v) is 9.18. The van der Waals surface area contributed by atoms with E-state index in [0.29, 0.717) is 16.8 Å². The van der Waals surface area contributed by atoms with Gasteiger partial charge in [-0.2, -0.15) is 0 Å². The van der Waals surface area contributed by atoms with E-state index < -0.39 is 12.1 Å². The number of nitrogens with zero attached hydrogens (tertiary/aromatic N) is 1. The van der Waals surface area contributed by atoms with Gasteiger partial charge in [-0.1, -0.05) is 170 Å². The molecule has 1 heteroatoms. The van der Waals surface area contributed by atoms with Gasteiger partial charge in [0.25, 0.3) is 0 Å². The smallest absolute Gasteiger partial charge is 0.0645 e. The van der Waals surface area contributed by atoms with Crippen molar-refractivity contribution >= 4 is 38.6 Å². The van der Waals surface area contributed by atoms with Gasteiger partial charge in [0.2, 0.25) is 0 Å². The average molecular weight is 658 g/mol. The highest BCUT2D eigenvalue weighted by Gasteiger charge is 2.16. The fourth-order valence-electron chi connectivity index (χ4n) is 6.68. The molecule has 0 radical (unpaired) electrons. The van der Waals surface area contributed by atoms with E-state index in [1.165, 1.54) is 4.90 Å². The van der Waals surface area contributed by atoms with E-state index in [2.05, 4.69) is 6.07 Å². The molecule has 0 aromatic heterocycles. The van der Waals surface area contributed by atoms with Crippen LogP contribution in [-0.2, 0) is 0 Å². The van der Waals surface area contributed by atoms with Gasteiger partial charge in [-0.3, -0.25) is 0 Å².